The van der Waals surface area contributed by atoms with Gasteiger partial charge in [-0.05, 0) is 117 Å². The molecule has 1 aromatic heterocycles. The Morgan fingerprint density at radius 2 is 1.70 bits per heavy atom. The van der Waals surface area contributed by atoms with Crippen molar-refractivity contribution in [2.24, 2.45) is 13.0 Å². The van der Waals surface area contributed by atoms with Crippen LogP contribution in [0.25, 0.3) is 11.0 Å². The molecular weight excluding hydrogens is 927 g/mol. The monoisotopic (exact) mass is 984 g/mol. The molecule has 4 aromatic rings. The predicted molar refractivity (Wildman–Crippen MR) is 259 cm³/mol. The van der Waals surface area contributed by atoms with E-state index in [9.17, 15) is 33.9 Å². The van der Waals surface area contributed by atoms with Crippen molar-refractivity contribution in [1.29, 1.82) is 0 Å². The molecule has 10 rings (SSSR count). The van der Waals surface area contributed by atoms with Gasteiger partial charge in [0.05, 0.1) is 22.1 Å². The second-order valence-electron chi connectivity index (χ2n) is 20.3. The summed E-state index contributed by atoms with van der Waals surface area (Å²) in [6.07, 6.45) is 8.93. The highest BCUT2D eigenvalue weighted by molar-refractivity contribution is 6.31. The van der Waals surface area contributed by atoms with Crippen LogP contribution in [0.1, 0.15) is 106 Å². The molecule has 366 valence electrons. The summed E-state index contributed by atoms with van der Waals surface area (Å²) < 4.78 is 19.4. The molecule has 2 aliphatic carbocycles. The van der Waals surface area contributed by atoms with Crippen molar-refractivity contribution < 1.29 is 33.5 Å². The minimum atomic E-state index is -1.31. The average Bonchev–Trinajstić information content (AvgIpc) is 3.88. The molecule has 5 heterocycles. The molecule has 18 heteroatoms. The molecule has 2 saturated carbocycles. The smallest absolute Gasteiger partial charge is 0.329 e. The number of halogens is 3. The lowest BCUT2D eigenvalue weighted by molar-refractivity contribution is -0.146. The Hall–Kier alpha value is -5.13. The average molecular weight is 986 g/mol. The first-order chi connectivity index (χ1) is 33.2. The third-order valence-corrected chi connectivity index (χ3v) is 17.0. The maximum atomic E-state index is 16.4. The van der Waals surface area contributed by atoms with Crippen LogP contribution in [-0.4, -0.2) is 110 Å². The van der Waals surface area contributed by atoms with Crippen LogP contribution in [0.3, 0.4) is 0 Å². The van der Waals surface area contributed by atoms with Gasteiger partial charge in [-0.1, -0.05) is 66.7 Å². The third-order valence-electron chi connectivity index (χ3n) is 16.5. The van der Waals surface area contributed by atoms with Gasteiger partial charge in [-0.25, -0.2) is 9.18 Å². The number of nitrogens with one attached hydrogen (secondary N) is 4. The summed E-state index contributed by atoms with van der Waals surface area (Å²) in [6, 6.07) is 13.4. The Bertz CT molecular complexity index is 2780. The fourth-order valence-electron chi connectivity index (χ4n) is 13.2. The van der Waals surface area contributed by atoms with Gasteiger partial charge in [0.15, 0.2) is 0 Å². The van der Waals surface area contributed by atoms with Crippen LogP contribution in [-0.2, 0) is 42.9 Å². The minimum absolute atomic E-state index is 0.0746. The van der Waals surface area contributed by atoms with E-state index in [4.69, 9.17) is 23.2 Å². The molecule has 69 heavy (non-hydrogen) atoms. The Labute approximate surface area is 409 Å². The van der Waals surface area contributed by atoms with Crippen LogP contribution < -0.4 is 27.0 Å². The first-order valence-corrected chi connectivity index (χ1v) is 25.3. The number of anilines is 1. The van der Waals surface area contributed by atoms with E-state index in [2.05, 4.69) is 31.1 Å². The van der Waals surface area contributed by atoms with E-state index in [0.29, 0.717) is 79.2 Å². The number of benzene rings is 3. The lowest BCUT2D eigenvalue weighted by Crippen LogP contribution is -2.60. The topological polar surface area (TPSA) is 187 Å². The van der Waals surface area contributed by atoms with Crippen molar-refractivity contribution >= 4 is 69.5 Å². The molecule has 6 aliphatic rings. The second kappa shape index (κ2) is 18.9. The first-order valence-electron chi connectivity index (χ1n) is 24.6. The summed E-state index contributed by atoms with van der Waals surface area (Å²) >= 11 is 12.9. The zero-order valence-corrected chi connectivity index (χ0v) is 40.2. The Morgan fingerprint density at radius 3 is 2.45 bits per heavy atom. The molecule has 15 nitrogen and oxygen atoms in total. The van der Waals surface area contributed by atoms with Crippen molar-refractivity contribution in [2.45, 2.75) is 125 Å². The number of amides is 4. The van der Waals surface area contributed by atoms with E-state index in [1.165, 1.54) is 15.2 Å². The summed E-state index contributed by atoms with van der Waals surface area (Å²) in [4.78, 5) is 84.1. The quantitative estimate of drug-likeness (QED) is 0.115. The number of carboxylic acid groups (broad SMARTS) is 1. The van der Waals surface area contributed by atoms with Gasteiger partial charge >= 0.3 is 11.7 Å². The van der Waals surface area contributed by atoms with Crippen molar-refractivity contribution in [2.75, 3.05) is 38.0 Å². The predicted octanol–water partition coefficient (Wildman–Crippen LogP) is 5.79. The number of piperidine rings is 1. The SMILES string of the molecule is Cn1c(=O)n(C2CCC(=O)NC2=O)c2ccc(CCCN3CCN(CC4CCC(NC(=O)[C@@H]5NC6(CCCCC6)[C@@]6(C(=O)Nc7cc(Cl)ccc76)[C@H]5c5cccc(Cl)c5F)CC4)[C@@H](C(=O)O)C3)cc21. The van der Waals surface area contributed by atoms with Crippen LogP contribution in [0.2, 0.25) is 10.0 Å². The normalized spacial score (nSPS) is 28.3. The zero-order chi connectivity index (χ0) is 48.4. The highest BCUT2D eigenvalue weighted by Crippen LogP contribution is 2.63. The van der Waals surface area contributed by atoms with Gasteiger partial charge in [0.25, 0.3) is 0 Å². The molecule has 4 aliphatic heterocycles. The van der Waals surface area contributed by atoms with Crippen molar-refractivity contribution in [3.8, 4) is 0 Å². The highest BCUT2D eigenvalue weighted by atomic mass is 35.5. The minimum Gasteiger partial charge on any atom is -0.480 e. The number of rotatable bonds is 11. The molecular formula is C51H59Cl2FN8O7. The van der Waals surface area contributed by atoms with Gasteiger partial charge in [0.2, 0.25) is 23.6 Å². The van der Waals surface area contributed by atoms with Crippen LogP contribution in [0.5, 0.6) is 0 Å². The molecule has 1 unspecified atom stereocenters. The summed E-state index contributed by atoms with van der Waals surface area (Å²) in [5, 5.41) is 23.3. The van der Waals surface area contributed by atoms with Gasteiger partial charge in [0.1, 0.15) is 23.3 Å². The first kappa shape index (κ1) is 47.5. The highest BCUT2D eigenvalue weighted by Gasteiger charge is 2.72. The summed E-state index contributed by atoms with van der Waals surface area (Å²) in [5.74, 6) is -3.51. The van der Waals surface area contributed by atoms with E-state index in [1.807, 2.05) is 24.3 Å². The van der Waals surface area contributed by atoms with E-state index < -0.39 is 52.7 Å². The lowest BCUT2D eigenvalue weighted by Gasteiger charge is -2.47. The molecule has 5 fully saturated rings. The Balaban J connectivity index is 0.767. The van der Waals surface area contributed by atoms with Crippen molar-refractivity contribution in [3.63, 3.8) is 0 Å². The van der Waals surface area contributed by atoms with Crippen LogP contribution in [0, 0.1) is 11.7 Å². The molecule has 5 atom stereocenters. The van der Waals surface area contributed by atoms with Crippen molar-refractivity contribution in [1.82, 2.24) is 34.9 Å². The number of aliphatic carboxylic acids is 1. The molecule has 4 amide bonds. The Morgan fingerprint density at radius 1 is 0.913 bits per heavy atom. The zero-order valence-electron chi connectivity index (χ0n) is 38.7. The molecule has 0 bridgehead atoms. The fraction of sp³-hybridized carbons (Fsp3) is 0.529. The number of carbonyl (C=O) groups is 5. The number of piperazine rings is 1. The maximum absolute atomic E-state index is 16.4. The third kappa shape index (κ3) is 8.37. The van der Waals surface area contributed by atoms with E-state index >= 15 is 4.39 Å². The standard InChI is InChI=1S/C51H59Cl2FN8O7/c1-59-39-25-29(12-17-37(39)62(49(59)69)38-18-19-41(63)57-45(38)64)7-6-22-60-23-24-61(40(28-60)47(66)67)27-30-10-14-32(15-11-30)55-46(65)44-42(33-8-5-9-35(53)43(33)54)51(50(58-44)20-3-2-4-21-50)34-16-13-31(52)26-36(34)56-48(51)68/h5,8-9,12-13,16-17,25-26,30,32,38,40,42,44,58H,2-4,6-7,10-11,14-15,18-24,27-28H2,1H3,(H,55,65)(H,56,68)(H,66,67)(H,57,63,64)/t30?,32?,38?,40-,42+,44-,51-/m1/s1. The summed E-state index contributed by atoms with van der Waals surface area (Å²) in [5.41, 5.74) is 1.43. The number of fused-ring (bicyclic) bond motifs is 4. The maximum Gasteiger partial charge on any atom is 0.329 e. The number of aromatic nitrogens is 2. The second-order valence-corrected chi connectivity index (χ2v) is 21.2. The number of carboxylic acids is 1. The number of nitrogens with zero attached hydrogens (tertiary/aromatic N) is 4. The fourth-order valence-corrected chi connectivity index (χ4v) is 13.5. The summed E-state index contributed by atoms with van der Waals surface area (Å²) in [7, 11) is 1.68. The number of hydrogen-bond donors (Lipinski definition) is 5. The number of carbonyl (C=O) groups excluding carboxylic acids is 4. The molecule has 3 aromatic carbocycles. The number of aryl methyl sites for hydroxylation is 2. The van der Waals surface area contributed by atoms with E-state index in [1.54, 1.807) is 31.3 Å². The van der Waals surface area contributed by atoms with E-state index in [0.717, 1.165) is 57.1 Å². The van der Waals surface area contributed by atoms with Crippen molar-refractivity contribution in [3.05, 3.63) is 97.6 Å². The van der Waals surface area contributed by atoms with Crippen LogP contribution >= 0.6 is 23.2 Å². The van der Waals surface area contributed by atoms with Gasteiger partial charge < -0.3 is 15.7 Å². The number of hydrogen-bond acceptors (Lipinski definition) is 9. The molecule has 0 radical (unpaired) electrons. The Kier molecular flexibility index (Phi) is 13.0. The van der Waals surface area contributed by atoms with E-state index in [-0.39, 0.29) is 58.8 Å². The van der Waals surface area contributed by atoms with Gasteiger partial charge in [-0.3, -0.25) is 53.5 Å². The van der Waals surface area contributed by atoms with Gasteiger partial charge in [-0.15, -0.1) is 0 Å². The van der Waals surface area contributed by atoms with Crippen LogP contribution in [0.4, 0.5) is 10.1 Å². The number of imide groups is 1. The molecule has 3 saturated heterocycles. The van der Waals surface area contributed by atoms with Gasteiger partial charge in [-0.2, -0.15) is 0 Å². The van der Waals surface area contributed by atoms with Crippen LogP contribution in [0.15, 0.2) is 59.4 Å². The van der Waals surface area contributed by atoms with Gasteiger partial charge in [0, 0.05) is 67.9 Å². The summed E-state index contributed by atoms with van der Waals surface area (Å²) in [6.45, 7) is 3.12. The molecule has 5 N–H and O–H groups in total. The molecule has 2 spiro atoms. The lowest BCUT2D eigenvalue weighted by atomic mass is 9.55. The number of imidazole rings is 1. The largest absolute Gasteiger partial charge is 0.480 e.